The van der Waals surface area contributed by atoms with Crippen LogP contribution in [0.3, 0.4) is 0 Å². The fourth-order valence-corrected chi connectivity index (χ4v) is 1.49. The number of halogens is 1. The summed E-state index contributed by atoms with van der Waals surface area (Å²) in [6.45, 7) is 2.50. The first-order chi connectivity index (χ1) is 7.11. The molecule has 0 heterocycles. The lowest BCUT2D eigenvalue weighted by Gasteiger charge is -2.08. The topological polar surface area (TPSA) is 49.3 Å². The van der Waals surface area contributed by atoms with Crippen LogP contribution in [-0.2, 0) is 4.79 Å². The number of carboxylic acid groups (broad SMARTS) is 1. The van der Waals surface area contributed by atoms with Crippen LogP contribution in [-0.4, -0.2) is 17.6 Å². The van der Waals surface area contributed by atoms with Crippen molar-refractivity contribution in [1.82, 2.24) is 0 Å². The first kappa shape index (κ1) is 11.8. The van der Waals surface area contributed by atoms with Gasteiger partial charge in [-0.15, -0.1) is 0 Å². The van der Waals surface area contributed by atoms with Crippen LogP contribution in [0.15, 0.2) is 34.8 Å². The van der Waals surface area contributed by atoms with Crippen LogP contribution in [0.2, 0.25) is 0 Å². The molecule has 15 heavy (non-hydrogen) atoms. The van der Waals surface area contributed by atoms with Crippen molar-refractivity contribution in [2.75, 3.05) is 11.9 Å². The van der Waals surface area contributed by atoms with Gasteiger partial charge in [0, 0.05) is 22.8 Å². The Morgan fingerprint density at radius 3 is 3.00 bits per heavy atom. The molecule has 0 unspecified atom stereocenters. The van der Waals surface area contributed by atoms with E-state index in [1.807, 2.05) is 25.1 Å². The molecule has 2 N–H and O–H groups in total. The van der Waals surface area contributed by atoms with E-state index in [0.717, 1.165) is 21.8 Å². The minimum Gasteiger partial charge on any atom is -0.478 e. The quantitative estimate of drug-likeness (QED) is 0.827. The molecule has 0 aliphatic carbocycles. The Kier molecular flexibility index (Phi) is 4.37. The van der Waals surface area contributed by atoms with E-state index in [4.69, 9.17) is 5.11 Å². The molecule has 0 aromatic heterocycles. The number of hydrogen-bond donors (Lipinski definition) is 2. The maximum Gasteiger partial charge on any atom is 0.328 e. The summed E-state index contributed by atoms with van der Waals surface area (Å²) in [7, 11) is 0. The monoisotopic (exact) mass is 269 g/mol. The van der Waals surface area contributed by atoms with Crippen molar-refractivity contribution in [2.24, 2.45) is 0 Å². The van der Waals surface area contributed by atoms with Gasteiger partial charge in [0.25, 0.3) is 0 Å². The molecular formula is C11H12BrNO2. The molecule has 3 nitrogen and oxygen atoms in total. The van der Waals surface area contributed by atoms with Gasteiger partial charge in [-0.25, -0.2) is 4.79 Å². The van der Waals surface area contributed by atoms with E-state index in [1.54, 1.807) is 6.08 Å². The van der Waals surface area contributed by atoms with E-state index < -0.39 is 5.97 Å². The van der Waals surface area contributed by atoms with Crippen molar-refractivity contribution in [3.05, 3.63) is 40.4 Å². The Morgan fingerprint density at radius 1 is 1.60 bits per heavy atom. The molecular weight excluding hydrogens is 258 g/mol. The number of hydrogen-bond acceptors (Lipinski definition) is 2. The van der Waals surface area contributed by atoms with E-state index >= 15 is 0 Å². The molecule has 0 bridgehead atoms. The second-order valence-corrected chi connectivity index (χ2v) is 3.89. The van der Waals surface area contributed by atoms with Crippen molar-refractivity contribution in [2.45, 2.75) is 6.92 Å². The minimum absolute atomic E-state index is 0.504. The van der Waals surface area contributed by atoms with Crippen LogP contribution in [0.5, 0.6) is 0 Å². The number of carbonyl (C=O) groups is 1. The standard InChI is InChI=1S/C11H12BrNO2/c1-8-9(12)4-2-5-10(8)13-7-3-6-11(14)15/h2-6,13H,7H2,1H3,(H,14,15)/b6-3+. The lowest BCUT2D eigenvalue weighted by atomic mass is 10.2. The van der Waals surface area contributed by atoms with Crippen molar-refractivity contribution >= 4 is 27.6 Å². The van der Waals surface area contributed by atoms with Gasteiger partial charge in [-0.3, -0.25) is 0 Å². The summed E-state index contributed by atoms with van der Waals surface area (Å²) in [4.78, 5) is 10.2. The van der Waals surface area contributed by atoms with E-state index in [1.165, 1.54) is 0 Å². The molecule has 0 spiro atoms. The van der Waals surface area contributed by atoms with Crippen LogP contribution in [0, 0.1) is 6.92 Å². The predicted octanol–water partition coefficient (Wildman–Crippen LogP) is 2.81. The highest BCUT2D eigenvalue weighted by atomic mass is 79.9. The second kappa shape index (κ2) is 5.56. The summed E-state index contributed by atoms with van der Waals surface area (Å²) in [6, 6.07) is 5.85. The molecule has 1 aromatic carbocycles. The molecule has 1 aromatic rings. The smallest absolute Gasteiger partial charge is 0.328 e. The second-order valence-electron chi connectivity index (χ2n) is 3.03. The summed E-state index contributed by atoms with van der Waals surface area (Å²) in [5.41, 5.74) is 2.11. The van der Waals surface area contributed by atoms with Gasteiger partial charge in [0.2, 0.25) is 0 Å². The lowest BCUT2D eigenvalue weighted by Crippen LogP contribution is -2.01. The van der Waals surface area contributed by atoms with Crippen LogP contribution in [0.25, 0.3) is 0 Å². The largest absolute Gasteiger partial charge is 0.478 e. The Balaban J connectivity index is 2.58. The van der Waals surface area contributed by atoms with Gasteiger partial charge in [-0.2, -0.15) is 0 Å². The zero-order chi connectivity index (χ0) is 11.3. The third-order valence-electron chi connectivity index (χ3n) is 1.94. The Hall–Kier alpha value is -1.29. The molecule has 0 saturated heterocycles. The van der Waals surface area contributed by atoms with Gasteiger partial charge in [0.1, 0.15) is 0 Å². The molecule has 0 saturated carbocycles. The highest BCUT2D eigenvalue weighted by molar-refractivity contribution is 9.10. The summed E-state index contributed by atoms with van der Waals surface area (Å²) in [6.07, 6.45) is 2.70. The molecule has 0 atom stereocenters. The van der Waals surface area contributed by atoms with Crippen molar-refractivity contribution in [1.29, 1.82) is 0 Å². The van der Waals surface area contributed by atoms with E-state index in [0.29, 0.717) is 6.54 Å². The van der Waals surface area contributed by atoms with Crippen molar-refractivity contribution < 1.29 is 9.90 Å². The first-order valence-corrected chi connectivity index (χ1v) is 5.29. The van der Waals surface area contributed by atoms with Crippen LogP contribution < -0.4 is 5.32 Å². The zero-order valence-corrected chi connectivity index (χ0v) is 9.91. The van der Waals surface area contributed by atoms with E-state index in [-0.39, 0.29) is 0 Å². The summed E-state index contributed by atoms with van der Waals surface area (Å²) in [5.74, 6) is -0.928. The van der Waals surface area contributed by atoms with Gasteiger partial charge in [0.05, 0.1) is 0 Å². The first-order valence-electron chi connectivity index (χ1n) is 4.49. The molecule has 1 rings (SSSR count). The highest BCUT2D eigenvalue weighted by Gasteiger charge is 1.99. The average Bonchev–Trinajstić information content (AvgIpc) is 2.18. The molecule has 80 valence electrons. The maximum atomic E-state index is 10.2. The average molecular weight is 270 g/mol. The molecule has 0 aliphatic heterocycles. The number of aliphatic carboxylic acids is 1. The van der Waals surface area contributed by atoms with E-state index in [9.17, 15) is 4.79 Å². The van der Waals surface area contributed by atoms with Gasteiger partial charge >= 0.3 is 5.97 Å². The number of benzene rings is 1. The van der Waals surface area contributed by atoms with Crippen molar-refractivity contribution in [3.63, 3.8) is 0 Å². The number of anilines is 1. The number of rotatable bonds is 4. The van der Waals surface area contributed by atoms with Crippen LogP contribution in [0.4, 0.5) is 5.69 Å². The van der Waals surface area contributed by atoms with E-state index in [2.05, 4.69) is 21.2 Å². The van der Waals surface area contributed by atoms with Gasteiger partial charge in [0.15, 0.2) is 0 Å². The minimum atomic E-state index is -0.928. The fraction of sp³-hybridized carbons (Fsp3) is 0.182. The number of carboxylic acids is 1. The van der Waals surface area contributed by atoms with Gasteiger partial charge in [-0.05, 0) is 24.6 Å². The van der Waals surface area contributed by atoms with Crippen LogP contribution >= 0.6 is 15.9 Å². The normalized spacial score (nSPS) is 10.5. The molecule has 0 amide bonds. The molecule has 4 heteroatoms. The SMILES string of the molecule is Cc1c(Br)cccc1NC/C=C/C(=O)O. The molecule has 0 aliphatic rings. The zero-order valence-electron chi connectivity index (χ0n) is 8.33. The maximum absolute atomic E-state index is 10.2. The Labute approximate surface area is 96.9 Å². The lowest BCUT2D eigenvalue weighted by molar-refractivity contribution is -0.131. The predicted molar refractivity (Wildman–Crippen MR) is 64.1 cm³/mol. The summed E-state index contributed by atoms with van der Waals surface area (Å²) >= 11 is 3.43. The third-order valence-corrected chi connectivity index (χ3v) is 2.80. The highest BCUT2D eigenvalue weighted by Crippen LogP contribution is 2.23. The van der Waals surface area contributed by atoms with Crippen molar-refractivity contribution in [3.8, 4) is 0 Å². The van der Waals surface area contributed by atoms with Gasteiger partial charge < -0.3 is 10.4 Å². The molecule has 0 fully saturated rings. The summed E-state index contributed by atoms with van der Waals surface area (Å²) < 4.78 is 1.04. The third kappa shape index (κ3) is 3.75. The number of nitrogens with one attached hydrogen (secondary N) is 1. The Morgan fingerprint density at radius 2 is 2.33 bits per heavy atom. The van der Waals surface area contributed by atoms with Crippen LogP contribution in [0.1, 0.15) is 5.56 Å². The van der Waals surface area contributed by atoms with Gasteiger partial charge in [-0.1, -0.05) is 28.1 Å². The molecule has 0 radical (unpaired) electrons. The fourth-order valence-electron chi connectivity index (χ4n) is 1.13. The Bertz CT molecular complexity index is 388. The summed E-state index contributed by atoms with van der Waals surface area (Å²) in [5, 5.41) is 11.5.